The molecule has 0 spiro atoms. The van der Waals surface area contributed by atoms with Gasteiger partial charge in [0.25, 0.3) is 6.47 Å². The van der Waals surface area contributed by atoms with Gasteiger partial charge in [0, 0.05) is 69.0 Å². The number of thiophene rings is 3. The van der Waals surface area contributed by atoms with E-state index in [1.54, 1.807) is 46.1 Å². The molecule has 9 rings (SSSR count). The number of hydrogen-bond acceptors (Lipinski definition) is 16. The van der Waals surface area contributed by atoms with Crippen molar-refractivity contribution in [2.45, 2.75) is 57.0 Å². The Labute approximate surface area is 466 Å². The molecule has 3 N–H and O–H groups in total. The second-order valence-electron chi connectivity index (χ2n) is 15.6. The van der Waals surface area contributed by atoms with Gasteiger partial charge in [-0.3, -0.25) is 33.4 Å². The average molecular weight is 1130 g/mol. The topological polar surface area (TPSA) is 224 Å². The van der Waals surface area contributed by atoms with Crippen molar-refractivity contribution < 1.29 is 91.0 Å². The van der Waals surface area contributed by atoms with E-state index in [9.17, 15) is 19.5 Å². The van der Waals surface area contributed by atoms with E-state index in [0.29, 0.717) is 27.2 Å². The number of halogens is 3. The van der Waals surface area contributed by atoms with Crippen molar-refractivity contribution >= 4 is 104 Å². The third-order valence-corrected chi connectivity index (χ3v) is 15.4. The fraction of sp³-hybridized carbons (Fsp3) is 0.292. The minimum atomic E-state index is -4.67. The summed E-state index contributed by atoms with van der Waals surface area (Å²) in [6.45, 7) is 4.40. The number of ether oxygens (including phenoxy) is 2. The first kappa shape index (κ1) is 60.8. The smallest absolute Gasteiger partial charge is 0.662 e. The molecule has 0 saturated carbocycles. The number of fused-ring (bicyclic) bond motifs is 3. The van der Waals surface area contributed by atoms with E-state index in [4.69, 9.17) is 71.9 Å². The Balaban J connectivity index is 0.000000214. The Bertz CT molecular complexity index is 2710. The predicted octanol–water partition coefficient (Wildman–Crippen LogP) is 5.72. The van der Waals surface area contributed by atoms with Gasteiger partial charge < -0.3 is 24.7 Å². The second kappa shape index (κ2) is 29.9. The average Bonchev–Trinajstić information content (AvgIpc) is 4.15. The van der Waals surface area contributed by atoms with E-state index in [-0.39, 0.29) is 48.0 Å². The van der Waals surface area contributed by atoms with Crippen molar-refractivity contribution in [3.05, 3.63) is 170 Å². The zero-order chi connectivity index (χ0) is 51.7. The largest absolute Gasteiger partial charge is 1.00 e. The van der Waals surface area contributed by atoms with Crippen LogP contribution < -0.4 is 34.8 Å². The molecule has 0 amide bonds. The molecule has 6 aromatic rings. The molecule has 0 bridgehead atoms. The Kier molecular flexibility index (Phi) is 25.3. The molecule has 0 radical (unpaired) electrons. The first-order chi connectivity index (χ1) is 34.0. The van der Waals surface area contributed by atoms with Gasteiger partial charge in [-0.1, -0.05) is 89.4 Å². The predicted molar refractivity (Wildman–Crippen MR) is 271 cm³/mol. The molecule has 0 unspecified atom stereocenters. The molecule has 3 atom stereocenters. The van der Waals surface area contributed by atoms with Crippen molar-refractivity contribution in [1.29, 1.82) is 0 Å². The van der Waals surface area contributed by atoms with Crippen LogP contribution in [0.5, 0.6) is 0 Å². The van der Waals surface area contributed by atoms with E-state index in [0.717, 1.165) is 63.1 Å². The van der Waals surface area contributed by atoms with Crippen molar-refractivity contribution in [1.82, 2.24) is 14.7 Å². The molecular weight excluding hydrogens is 1080 g/mol. The maximum absolute atomic E-state index is 12.3. The summed E-state index contributed by atoms with van der Waals surface area (Å²) >= 11 is 24.1. The number of carbonyl (C=O) groups is 4. The molecule has 6 heterocycles. The number of esters is 2. The van der Waals surface area contributed by atoms with Crippen molar-refractivity contribution in [3.63, 3.8) is 0 Å². The fourth-order valence-corrected chi connectivity index (χ4v) is 11.6. The summed E-state index contributed by atoms with van der Waals surface area (Å²) in [4.78, 5) is 58.0. The Morgan fingerprint density at radius 3 is 1.14 bits per heavy atom. The third kappa shape index (κ3) is 17.4. The minimum absolute atomic E-state index is 0. The number of carboxylic acid groups (broad SMARTS) is 1. The van der Waals surface area contributed by atoms with Gasteiger partial charge in [0.1, 0.15) is 18.1 Å². The normalized spacial score (nSPS) is 15.2. The van der Waals surface area contributed by atoms with E-state index in [1.807, 2.05) is 65.6 Å². The summed E-state index contributed by atoms with van der Waals surface area (Å²) < 4.78 is 41.6. The molecule has 0 fully saturated rings. The first-order valence-corrected chi connectivity index (χ1v) is 26.6. The van der Waals surface area contributed by atoms with Crippen molar-refractivity contribution in [2.24, 2.45) is 0 Å². The summed E-state index contributed by atoms with van der Waals surface area (Å²) in [7, 11) is -1.82. The number of hydrogen-bond donors (Lipinski definition) is 3. The van der Waals surface area contributed by atoms with Gasteiger partial charge in [-0.25, -0.2) is 9.59 Å². The van der Waals surface area contributed by atoms with E-state index in [1.165, 1.54) is 45.5 Å². The number of aliphatic carboxylic acids is 1. The molecular formula is C48H49Cl3N3NaO13S4. The number of rotatable bonds is 10. The Hall–Kier alpha value is -3.78. The number of carbonyl (C=O) groups excluding carboxylic acids is 3. The van der Waals surface area contributed by atoms with Crippen LogP contribution in [-0.2, 0) is 82.8 Å². The molecule has 3 aromatic heterocycles. The summed E-state index contributed by atoms with van der Waals surface area (Å²) in [5, 5.41) is 26.0. The van der Waals surface area contributed by atoms with E-state index >= 15 is 0 Å². The number of benzene rings is 3. The summed E-state index contributed by atoms with van der Waals surface area (Å²) in [6, 6.07) is 26.9. The maximum Gasteiger partial charge on any atom is 1.00 e. The van der Waals surface area contributed by atoms with Crippen LogP contribution in [0.25, 0.3) is 0 Å². The van der Waals surface area contributed by atoms with E-state index in [2.05, 4.69) is 49.0 Å². The van der Waals surface area contributed by atoms with Crippen LogP contribution >= 0.6 is 68.8 Å². The van der Waals surface area contributed by atoms with Crippen LogP contribution in [0.3, 0.4) is 0 Å². The van der Waals surface area contributed by atoms with Crippen LogP contribution in [0.2, 0.25) is 15.1 Å². The van der Waals surface area contributed by atoms with Gasteiger partial charge in [-0.15, -0.1) is 34.0 Å². The molecule has 3 aromatic carbocycles. The van der Waals surface area contributed by atoms with Crippen LogP contribution in [0.4, 0.5) is 0 Å². The first-order valence-electron chi connectivity index (χ1n) is 21.4. The fourth-order valence-electron chi connectivity index (χ4n) is 8.22. The molecule has 16 nitrogen and oxygen atoms in total. The van der Waals surface area contributed by atoms with Crippen LogP contribution in [0, 0.1) is 0 Å². The van der Waals surface area contributed by atoms with Crippen molar-refractivity contribution in [2.75, 3.05) is 33.9 Å². The quantitative estimate of drug-likeness (QED) is 0.0373. The van der Waals surface area contributed by atoms with Crippen LogP contribution in [0.1, 0.15) is 66.1 Å². The summed E-state index contributed by atoms with van der Waals surface area (Å²) in [5.41, 5.74) is 6.12. The Morgan fingerprint density at radius 2 is 0.875 bits per heavy atom. The zero-order valence-electron chi connectivity index (χ0n) is 39.1. The van der Waals surface area contributed by atoms with Crippen LogP contribution in [0.15, 0.2) is 107 Å². The van der Waals surface area contributed by atoms with Crippen LogP contribution in [-0.4, -0.2) is 95.6 Å². The Morgan fingerprint density at radius 1 is 0.597 bits per heavy atom. The molecule has 24 heteroatoms. The van der Waals surface area contributed by atoms with Gasteiger partial charge in [0.15, 0.2) is 0 Å². The van der Waals surface area contributed by atoms with Gasteiger partial charge in [-0.05, 0) is 105 Å². The standard InChI is InChI=1S/2C16H16ClNO2S.C15H14ClNO2S.CH2O3.Na.H2O4S/c2*1-20-16(19)15(12-4-2-3-5-13(12)17)18-8-6-14-11(10-18)7-9-21-14;16-12-4-2-1-3-11(12)14(15(18)19)17-7-5-13-10(9-17)6-8-20-13;2-1-4-3;;1-5(2,3)4/h2*2-5,7,9,15H,6,8,10H2,1H3;1-4,6,8,14H,5,7,9H2,(H,18,19);1,3H;;(H2,1,2,3,4)/q;;;;+1;/p-1/t2*15-;14-;;;/m000.../s1. The SMILES string of the molecule is COC(=O)[C@H](c1ccccc1Cl)N1CCc2sccc2C1.COC(=O)[C@H](c1ccccc1Cl)N1CCc2sccc2C1.O=C(O)[C@H](c1ccccc1Cl)N1CCc2sccc2C1.O=CO[O-].O=S(=O)(O)O.[Na+]. The number of carboxylic acids is 1. The molecule has 3 aliphatic heterocycles. The van der Waals surface area contributed by atoms with Crippen molar-refractivity contribution in [3.8, 4) is 0 Å². The number of methoxy groups -OCH3 is 2. The zero-order valence-corrected chi connectivity index (χ0v) is 46.6. The van der Waals surface area contributed by atoms with Gasteiger partial charge in [0.2, 0.25) is 0 Å². The molecule has 72 heavy (non-hydrogen) atoms. The monoisotopic (exact) mass is 1130 g/mol. The molecule has 380 valence electrons. The minimum Gasteiger partial charge on any atom is -0.662 e. The van der Waals surface area contributed by atoms with Gasteiger partial charge >= 0.3 is 57.9 Å². The molecule has 3 aliphatic rings. The third-order valence-electron chi connectivity index (χ3n) is 11.3. The van der Waals surface area contributed by atoms with Gasteiger partial charge in [0.05, 0.1) is 14.2 Å². The van der Waals surface area contributed by atoms with Gasteiger partial charge in [-0.2, -0.15) is 8.42 Å². The summed E-state index contributed by atoms with van der Waals surface area (Å²) in [6.07, 6.45) is 2.83. The number of nitrogens with zero attached hydrogens (tertiary/aromatic N) is 3. The molecule has 0 aliphatic carbocycles. The van der Waals surface area contributed by atoms with E-state index < -0.39 is 34.5 Å². The molecule has 0 saturated heterocycles. The summed E-state index contributed by atoms with van der Waals surface area (Å²) in [5.74, 6) is -1.37. The second-order valence-corrected chi connectivity index (χ2v) is 20.7. The maximum atomic E-state index is 12.3.